The minimum atomic E-state index is 0.672. The SMILES string of the molecule is CCNC(=NCCCc1ccc(Cl)cc1)NCCCOCC1CCOCC1. The van der Waals surface area contributed by atoms with Gasteiger partial charge in [0.25, 0.3) is 0 Å². The van der Waals surface area contributed by atoms with E-state index < -0.39 is 0 Å². The first-order valence-corrected chi connectivity index (χ1v) is 10.6. The van der Waals surface area contributed by atoms with Crippen molar-refractivity contribution >= 4 is 17.6 Å². The van der Waals surface area contributed by atoms with Crippen molar-refractivity contribution in [3.05, 3.63) is 34.9 Å². The first-order chi connectivity index (χ1) is 13.3. The number of aryl methyl sites for hydroxylation is 1. The van der Waals surface area contributed by atoms with Crippen molar-refractivity contribution in [3.63, 3.8) is 0 Å². The second-order valence-corrected chi connectivity index (χ2v) is 7.34. The van der Waals surface area contributed by atoms with Crippen molar-refractivity contribution in [2.24, 2.45) is 10.9 Å². The Bertz CT molecular complexity index is 531. The van der Waals surface area contributed by atoms with Crippen LogP contribution in [0.2, 0.25) is 5.02 Å². The molecule has 1 aliphatic rings. The molecule has 2 rings (SSSR count). The average Bonchev–Trinajstić information content (AvgIpc) is 2.70. The van der Waals surface area contributed by atoms with Crippen LogP contribution in [0.3, 0.4) is 0 Å². The smallest absolute Gasteiger partial charge is 0.191 e. The maximum Gasteiger partial charge on any atom is 0.191 e. The molecule has 1 aromatic rings. The second kappa shape index (κ2) is 13.8. The third-order valence-electron chi connectivity index (χ3n) is 4.60. The van der Waals surface area contributed by atoms with E-state index in [1.165, 1.54) is 5.56 Å². The van der Waals surface area contributed by atoms with Crippen molar-refractivity contribution in [2.75, 3.05) is 46.1 Å². The van der Waals surface area contributed by atoms with Crippen LogP contribution in [0, 0.1) is 5.92 Å². The van der Waals surface area contributed by atoms with Crippen molar-refractivity contribution in [3.8, 4) is 0 Å². The van der Waals surface area contributed by atoms with E-state index in [9.17, 15) is 0 Å². The van der Waals surface area contributed by atoms with Gasteiger partial charge in [0.2, 0.25) is 0 Å². The van der Waals surface area contributed by atoms with Crippen LogP contribution in [0.5, 0.6) is 0 Å². The Morgan fingerprint density at radius 3 is 2.70 bits per heavy atom. The topological polar surface area (TPSA) is 54.9 Å². The number of nitrogens with one attached hydrogen (secondary N) is 2. The Morgan fingerprint density at radius 1 is 1.19 bits per heavy atom. The highest BCUT2D eigenvalue weighted by atomic mass is 35.5. The molecule has 0 atom stereocenters. The number of halogens is 1. The molecule has 0 radical (unpaired) electrons. The molecule has 0 aliphatic carbocycles. The monoisotopic (exact) mass is 395 g/mol. The maximum atomic E-state index is 5.92. The van der Waals surface area contributed by atoms with Crippen molar-refractivity contribution < 1.29 is 9.47 Å². The van der Waals surface area contributed by atoms with Gasteiger partial charge in [0.15, 0.2) is 5.96 Å². The van der Waals surface area contributed by atoms with E-state index in [1.54, 1.807) is 0 Å². The van der Waals surface area contributed by atoms with Gasteiger partial charge in [-0.05, 0) is 62.6 Å². The predicted octanol–water partition coefficient (Wildman–Crippen LogP) is 3.66. The van der Waals surface area contributed by atoms with Gasteiger partial charge in [0.05, 0.1) is 0 Å². The largest absolute Gasteiger partial charge is 0.381 e. The van der Waals surface area contributed by atoms with Gasteiger partial charge in [-0.25, -0.2) is 0 Å². The molecule has 0 spiro atoms. The minimum absolute atomic E-state index is 0.672. The molecular weight excluding hydrogens is 362 g/mol. The van der Waals surface area contributed by atoms with Crippen molar-refractivity contribution in [2.45, 2.75) is 39.0 Å². The first-order valence-electron chi connectivity index (χ1n) is 10.2. The molecule has 0 amide bonds. The van der Waals surface area contributed by atoms with E-state index in [4.69, 9.17) is 21.1 Å². The number of rotatable bonds is 11. The zero-order valence-corrected chi connectivity index (χ0v) is 17.3. The number of ether oxygens (including phenoxy) is 2. The zero-order valence-electron chi connectivity index (χ0n) is 16.5. The summed E-state index contributed by atoms with van der Waals surface area (Å²) in [7, 11) is 0. The van der Waals surface area contributed by atoms with Crippen LogP contribution >= 0.6 is 11.6 Å². The molecule has 1 heterocycles. The maximum absolute atomic E-state index is 5.92. The fourth-order valence-electron chi connectivity index (χ4n) is 3.01. The van der Waals surface area contributed by atoms with Gasteiger partial charge in [0.1, 0.15) is 0 Å². The Kier molecular flexibility index (Phi) is 11.2. The molecule has 5 nitrogen and oxygen atoms in total. The second-order valence-electron chi connectivity index (χ2n) is 6.90. The molecule has 27 heavy (non-hydrogen) atoms. The quantitative estimate of drug-likeness (QED) is 0.341. The van der Waals surface area contributed by atoms with Crippen LogP contribution in [0.25, 0.3) is 0 Å². The summed E-state index contributed by atoms with van der Waals surface area (Å²) >= 11 is 5.92. The normalized spacial score (nSPS) is 15.7. The molecule has 0 saturated carbocycles. The molecule has 0 bridgehead atoms. The highest BCUT2D eigenvalue weighted by Gasteiger charge is 2.13. The highest BCUT2D eigenvalue weighted by molar-refractivity contribution is 6.30. The summed E-state index contributed by atoms with van der Waals surface area (Å²) in [5.74, 6) is 1.56. The summed E-state index contributed by atoms with van der Waals surface area (Å²) in [6.45, 7) is 8.05. The molecule has 0 aromatic heterocycles. The summed E-state index contributed by atoms with van der Waals surface area (Å²) in [6.07, 6.45) is 5.28. The number of guanidine groups is 1. The van der Waals surface area contributed by atoms with Crippen LogP contribution in [0.1, 0.15) is 38.2 Å². The lowest BCUT2D eigenvalue weighted by molar-refractivity contribution is 0.0203. The van der Waals surface area contributed by atoms with Crippen molar-refractivity contribution in [1.29, 1.82) is 0 Å². The number of nitrogens with zero attached hydrogens (tertiary/aromatic N) is 1. The van der Waals surface area contributed by atoms with E-state index in [0.29, 0.717) is 5.92 Å². The molecule has 0 unspecified atom stereocenters. The molecular formula is C21H34ClN3O2. The molecule has 6 heteroatoms. The van der Waals surface area contributed by atoms with E-state index >= 15 is 0 Å². The minimum Gasteiger partial charge on any atom is -0.381 e. The first kappa shape index (κ1) is 22.0. The fourth-order valence-corrected chi connectivity index (χ4v) is 3.14. The number of aliphatic imine (C=N–C) groups is 1. The van der Waals surface area contributed by atoms with E-state index in [0.717, 1.165) is 89.1 Å². The number of hydrogen-bond donors (Lipinski definition) is 2. The lowest BCUT2D eigenvalue weighted by atomic mass is 10.0. The Balaban J connectivity index is 1.55. The summed E-state index contributed by atoms with van der Waals surface area (Å²) in [5, 5.41) is 7.47. The van der Waals surface area contributed by atoms with Crippen LogP contribution in [0.15, 0.2) is 29.3 Å². The van der Waals surface area contributed by atoms with Crippen LogP contribution < -0.4 is 10.6 Å². The van der Waals surface area contributed by atoms with Crippen LogP contribution in [-0.2, 0) is 15.9 Å². The summed E-state index contributed by atoms with van der Waals surface area (Å²) in [5.41, 5.74) is 1.30. The number of hydrogen-bond acceptors (Lipinski definition) is 3. The molecule has 2 N–H and O–H groups in total. The van der Waals surface area contributed by atoms with Crippen LogP contribution in [-0.4, -0.2) is 52.0 Å². The van der Waals surface area contributed by atoms with E-state index in [2.05, 4.69) is 34.7 Å². The highest BCUT2D eigenvalue weighted by Crippen LogP contribution is 2.14. The van der Waals surface area contributed by atoms with Gasteiger partial charge in [-0.1, -0.05) is 23.7 Å². The molecule has 1 fully saturated rings. The summed E-state index contributed by atoms with van der Waals surface area (Å²) in [6, 6.07) is 8.04. The summed E-state index contributed by atoms with van der Waals surface area (Å²) in [4.78, 5) is 4.65. The summed E-state index contributed by atoms with van der Waals surface area (Å²) < 4.78 is 11.2. The fraction of sp³-hybridized carbons (Fsp3) is 0.667. The van der Waals surface area contributed by atoms with Gasteiger partial charge in [-0.15, -0.1) is 0 Å². The van der Waals surface area contributed by atoms with Gasteiger partial charge < -0.3 is 20.1 Å². The van der Waals surface area contributed by atoms with Gasteiger partial charge in [0, 0.05) is 51.1 Å². The van der Waals surface area contributed by atoms with Gasteiger partial charge >= 0.3 is 0 Å². The predicted molar refractivity (Wildman–Crippen MR) is 113 cm³/mol. The molecule has 1 saturated heterocycles. The van der Waals surface area contributed by atoms with Gasteiger partial charge in [-0.3, -0.25) is 4.99 Å². The molecule has 1 aliphatic heterocycles. The number of benzene rings is 1. The van der Waals surface area contributed by atoms with Gasteiger partial charge in [-0.2, -0.15) is 0 Å². The van der Waals surface area contributed by atoms with E-state index in [-0.39, 0.29) is 0 Å². The Hall–Kier alpha value is -1.30. The lowest BCUT2D eigenvalue weighted by Crippen LogP contribution is -2.38. The zero-order chi connectivity index (χ0) is 19.2. The Morgan fingerprint density at radius 2 is 1.96 bits per heavy atom. The van der Waals surface area contributed by atoms with Crippen LogP contribution in [0.4, 0.5) is 0 Å². The molecule has 152 valence electrons. The third-order valence-corrected chi connectivity index (χ3v) is 4.86. The van der Waals surface area contributed by atoms with Crippen molar-refractivity contribution in [1.82, 2.24) is 10.6 Å². The lowest BCUT2D eigenvalue weighted by Gasteiger charge is -2.21. The third kappa shape index (κ3) is 9.99. The average molecular weight is 396 g/mol. The standard InChI is InChI=1S/C21H34ClN3O2/c1-2-23-21(24-12-3-5-18-6-8-20(22)9-7-18)25-13-4-14-27-17-19-10-15-26-16-11-19/h6-9,19H,2-5,10-17H2,1H3,(H2,23,24,25). The molecule has 1 aromatic carbocycles. The Labute approximate surface area is 168 Å². The van der Waals surface area contributed by atoms with E-state index in [1.807, 2.05) is 12.1 Å².